The van der Waals surface area contributed by atoms with Gasteiger partial charge in [0.2, 0.25) is 0 Å². The van der Waals surface area contributed by atoms with Crippen molar-refractivity contribution in [1.29, 1.82) is 0 Å². The molecule has 0 N–H and O–H groups in total. The van der Waals surface area contributed by atoms with Gasteiger partial charge in [0.25, 0.3) is 0 Å². The normalized spacial score (nSPS) is 9.57. The Balaban J connectivity index is 0.00000169. The van der Waals surface area contributed by atoms with E-state index in [0.29, 0.717) is 0 Å². The second-order valence-electron chi connectivity index (χ2n) is 3.40. The molecule has 0 spiro atoms. The van der Waals surface area contributed by atoms with Crippen molar-refractivity contribution in [2.75, 3.05) is 5.75 Å². The first kappa shape index (κ1) is 14.0. The Labute approximate surface area is 103 Å². The number of hydrogen-bond acceptors (Lipinski definition) is 1. The topological polar surface area (TPSA) is 3.88 Å². The summed E-state index contributed by atoms with van der Waals surface area (Å²) in [4.78, 5) is 0. The van der Waals surface area contributed by atoms with Crippen LogP contribution >= 0.6 is 12.6 Å². The molecule has 0 amide bonds. The molecule has 3 heteroatoms. The second kappa shape index (κ2) is 8.30. The van der Waals surface area contributed by atoms with Crippen molar-refractivity contribution in [3.05, 3.63) is 30.1 Å². The Kier molecular flexibility index (Phi) is 8.29. The van der Waals surface area contributed by atoms with Gasteiger partial charge in [-0.2, -0.15) is 12.6 Å². The molecular formula is C11H18BrNS. The van der Waals surface area contributed by atoms with Crippen LogP contribution in [0.5, 0.6) is 0 Å². The van der Waals surface area contributed by atoms with Gasteiger partial charge in [-0.25, -0.2) is 4.57 Å². The summed E-state index contributed by atoms with van der Waals surface area (Å²) in [5, 5.41) is 0. The van der Waals surface area contributed by atoms with Gasteiger partial charge in [-0.1, -0.05) is 0 Å². The smallest absolute Gasteiger partial charge is 0.169 e. The van der Waals surface area contributed by atoms with Crippen molar-refractivity contribution in [3.8, 4) is 0 Å². The van der Waals surface area contributed by atoms with Crippen LogP contribution in [-0.4, -0.2) is 5.75 Å². The van der Waals surface area contributed by atoms with Crippen molar-refractivity contribution in [3.63, 3.8) is 0 Å². The summed E-state index contributed by atoms with van der Waals surface area (Å²) in [6.07, 6.45) is 8.07. The molecule has 0 saturated heterocycles. The monoisotopic (exact) mass is 275 g/mol. The largest absolute Gasteiger partial charge is 1.00 e. The SMILES string of the molecule is Cc1cc[n+](CCCCCS)cc1.[Br-]. The summed E-state index contributed by atoms with van der Waals surface area (Å²) < 4.78 is 2.24. The van der Waals surface area contributed by atoms with E-state index in [4.69, 9.17) is 0 Å². The Morgan fingerprint density at radius 2 is 1.79 bits per heavy atom. The van der Waals surface area contributed by atoms with Crippen molar-refractivity contribution in [1.82, 2.24) is 0 Å². The van der Waals surface area contributed by atoms with E-state index < -0.39 is 0 Å². The maximum atomic E-state index is 4.19. The van der Waals surface area contributed by atoms with Crippen LogP contribution in [0, 0.1) is 6.92 Å². The zero-order chi connectivity index (χ0) is 9.52. The third-order valence-corrected chi connectivity index (χ3v) is 2.45. The molecule has 1 nitrogen and oxygen atoms in total. The maximum absolute atomic E-state index is 4.19. The quantitative estimate of drug-likeness (QED) is 0.415. The standard InChI is InChI=1S/C11H17NS.BrH/c1-11-5-8-12(9-6-11)7-3-2-4-10-13;/h5-6,8-9H,2-4,7,10H2,1H3;1H. The summed E-state index contributed by atoms with van der Waals surface area (Å²) >= 11 is 4.19. The molecule has 0 aliphatic rings. The van der Waals surface area contributed by atoms with Crippen LogP contribution in [0.25, 0.3) is 0 Å². The Hall–Kier alpha value is -0.0200. The lowest BCUT2D eigenvalue weighted by Crippen LogP contribution is -3.00. The maximum Gasteiger partial charge on any atom is 0.169 e. The van der Waals surface area contributed by atoms with E-state index >= 15 is 0 Å². The van der Waals surface area contributed by atoms with Gasteiger partial charge in [0, 0.05) is 18.6 Å². The van der Waals surface area contributed by atoms with Crippen LogP contribution in [0.4, 0.5) is 0 Å². The molecule has 1 heterocycles. The molecule has 0 unspecified atom stereocenters. The van der Waals surface area contributed by atoms with E-state index in [0.717, 1.165) is 12.3 Å². The van der Waals surface area contributed by atoms with Crippen molar-refractivity contribution >= 4 is 12.6 Å². The molecular weight excluding hydrogens is 258 g/mol. The van der Waals surface area contributed by atoms with Crippen LogP contribution < -0.4 is 21.5 Å². The number of aromatic nitrogens is 1. The van der Waals surface area contributed by atoms with Gasteiger partial charge in [-0.3, -0.25) is 0 Å². The predicted octanol–water partition coefficient (Wildman–Crippen LogP) is -0.613. The van der Waals surface area contributed by atoms with Crippen LogP contribution in [-0.2, 0) is 6.54 Å². The third-order valence-electron chi connectivity index (χ3n) is 2.13. The molecule has 0 radical (unpaired) electrons. The number of nitrogens with zero attached hydrogens (tertiary/aromatic N) is 1. The van der Waals surface area contributed by atoms with Crippen LogP contribution in [0.1, 0.15) is 24.8 Å². The first-order chi connectivity index (χ1) is 6.33. The zero-order valence-electron chi connectivity index (χ0n) is 8.62. The Bertz CT molecular complexity index is 236. The molecule has 0 fully saturated rings. The number of thiol groups is 1. The Morgan fingerprint density at radius 1 is 1.14 bits per heavy atom. The molecule has 1 aromatic heterocycles. The molecule has 0 atom stereocenters. The van der Waals surface area contributed by atoms with E-state index in [9.17, 15) is 0 Å². The zero-order valence-corrected chi connectivity index (χ0v) is 11.1. The highest BCUT2D eigenvalue weighted by Gasteiger charge is 1.97. The number of unbranched alkanes of at least 4 members (excludes halogenated alkanes) is 2. The van der Waals surface area contributed by atoms with Crippen LogP contribution in [0.3, 0.4) is 0 Å². The summed E-state index contributed by atoms with van der Waals surface area (Å²) in [5.74, 6) is 1.01. The minimum atomic E-state index is 0. The molecule has 80 valence electrons. The molecule has 0 bridgehead atoms. The Morgan fingerprint density at radius 3 is 2.36 bits per heavy atom. The summed E-state index contributed by atoms with van der Waals surface area (Å²) in [6.45, 7) is 3.25. The van der Waals surface area contributed by atoms with Gasteiger partial charge >= 0.3 is 0 Å². The summed E-state index contributed by atoms with van der Waals surface area (Å²) in [6, 6.07) is 4.30. The lowest BCUT2D eigenvalue weighted by Gasteiger charge is -1.96. The minimum absolute atomic E-state index is 0. The van der Waals surface area contributed by atoms with Crippen molar-refractivity contribution in [2.45, 2.75) is 32.7 Å². The average Bonchev–Trinajstić information content (AvgIpc) is 2.15. The molecule has 0 saturated carbocycles. The molecule has 0 aliphatic heterocycles. The molecule has 0 aliphatic carbocycles. The van der Waals surface area contributed by atoms with E-state index in [1.54, 1.807) is 0 Å². The highest BCUT2D eigenvalue weighted by Crippen LogP contribution is 1.97. The van der Waals surface area contributed by atoms with Gasteiger partial charge in [0.1, 0.15) is 6.54 Å². The first-order valence-corrected chi connectivity index (χ1v) is 5.53. The molecule has 1 aromatic rings. The fourth-order valence-electron chi connectivity index (χ4n) is 1.26. The third kappa shape index (κ3) is 5.66. The van der Waals surface area contributed by atoms with Gasteiger partial charge in [0.05, 0.1) is 0 Å². The van der Waals surface area contributed by atoms with Crippen LogP contribution in [0.2, 0.25) is 0 Å². The van der Waals surface area contributed by atoms with Gasteiger partial charge in [0.15, 0.2) is 12.4 Å². The average molecular weight is 276 g/mol. The summed E-state index contributed by atoms with van der Waals surface area (Å²) in [5.41, 5.74) is 1.33. The van der Waals surface area contributed by atoms with Crippen LogP contribution in [0.15, 0.2) is 24.5 Å². The fraction of sp³-hybridized carbons (Fsp3) is 0.545. The first-order valence-electron chi connectivity index (χ1n) is 4.89. The number of hydrogen-bond donors (Lipinski definition) is 1. The van der Waals surface area contributed by atoms with Gasteiger partial charge < -0.3 is 17.0 Å². The number of pyridine rings is 1. The van der Waals surface area contributed by atoms with Gasteiger partial charge in [-0.15, -0.1) is 0 Å². The van der Waals surface area contributed by atoms with Crippen molar-refractivity contribution < 1.29 is 21.5 Å². The highest BCUT2D eigenvalue weighted by atomic mass is 79.9. The van der Waals surface area contributed by atoms with E-state index in [1.165, 1.54) is 24.8 Å². The molecule has 0 aromatic carbocycles. The van der Waals surface area contributed by atoms with Crippen molar-refractivity contribution in [2.24, 2.45) is 0 Å². The predicted molar refractivity (Wildman–Crippen MR) is 59.1 cm³/mol. The van der Waals surface area contributed by atoms with E-state index in [2.05, 4.69) is 48.6 Å². The second-order valence-corrected chi connectivity index (χ2v) is 3.84. The number of halogens is 1. The number of aryl methyl sites for hydroxylation is 2. The summed E-state index contributed by atoms with van der Waals surface area (Å²) in [7, 11) is 0. The molecule has 14 heavy (non-hydrogen) atoms. The van der Waals surface area contributed by atoms with E-state index in [-0.39, 0.29) is 17.0 Å². The lowest BCUT2D eigenvalue weighted by molar-refractivity contribution is -0.697. The van der Waals surface area contributed by atoms with E-state index in [1.807, 2.05) is 0 Å². The molecule has 1 rings (SSSR count). The lowest BCUT2D eigenvalue weighted by atomic mass is 10.2. The minimum Gasteiger partial charge on any atom is -1.00 e. The highest BCUT2D eigenvalue weighted by molar-refractivity contribution is 7.80. The van der Waals surface area contributed by atoms with Gasteiger partial charge in [-0.05, 0) is 31.1 Å². The fourth-order valence-corrected chi connectivity index (χ4v) is 1.49. The number of rotatable bonds is 5.